The summed E-state index contributed by atoms with van der Waals surface area (Å²) in [5, 5.41) is 13.1. The van der Waals surface area contributed by atoms with E-state index in [0.29, 0.717) is 4.60 Å². The van der Waals surface area contributed by atoms with Gasteiger partial charge in [-0.1, -0.05) is 0 Å². The van der Waals surface area contributed by atoms with Gasteiger partial charge in [-0.3, -0.25) is 4.68 Å². The summed E-state index contributed by atoms with van der Waals surface area (Å²) in [7, 11) is 1.28. The van der Waals surface area contributed by atoms with Gasteiger partial charge in [-0.05, 0) is 15.9 Å². The molecule has 0 aliphatic carbocycles. The molecule has 7 heteroatoms. The van der Waals surface area contributed by atoms with Gasteiger partial charge < -0.3 is 15.6 Å². The average Bonchev–Trinajstić information content (AvgIpc) is 2.61. The fourth-order valence-electron chi connectivity index (χ4n) is 1.15. The van der Waals surface area contributed by atoms with Crippen molar-refractivity contribution in [3.8, 4) is 0 Å². The Morgan fingerprint density at radius 1 is 1.87 bits per heavy atom. The molecule has 0 radical (unpaired) electrons. The molecule has 0 unspecified atom stereocenters. The Hall–Kier alpha value is -0.920. The van der Waals surface area contributed by atoms with Crippen molar-refractivity contribution in [1.82, 2.24) is 9.78 Å². The zero-order valence-electron chi connectivity index (χ0n) is 8.18. The molecule has 1 heterocycles. The highest BCUT2D eigenvalue weighted by atomic mass is 79.9. The van der Waals surface area contributed by atoms with Crippen LogP contribution in [0.5, 0.6) is 0 Å². The largest absolute Gasteiger partial charge is 0.464 e. The molecule has 0 aliphatic heterocycles. The fourth-order valence-corrected chi connectivity index (χ4v) is 1.54. The molecule has 1 rings (SSSR count). The van der Waals surface area contributed by atoms with Gasteiger partial charge in [0.05, 0.1) is 19.8 Å². The van der Waals surface area contributed by atoms with Crippen LogP contribution in [-0.2, 0) is 4.74 Å². The third-order valence-corrected chi connectivity index (χ3v) is 2.32. The number of nitrogens with zero attached hydrogens (tertiary/aromatic N) is 2. The van der Waals surface area contributed by atoms with Crippen LogP contribution in [0.25, 0.3) is 0 Å². The van der Waals surface area contributed by atoms with E-state index >= 15 is 0 Å². The Labute approximate surface area is 95.1 Å². The minimum atomic E-state index is -0.514. The van der Waals surface area contributed by atoms with E-state index in [4.69, 9.17) is 10.8 Å². The summed E-state index contributed by atoms with van der Waals surface area (Å²) in [5.74, 6) is -0.514. The van der Waals surface area contributed by atoms with Gasteiger partial charge in [0, 0.05) is 12.6 Å². The Morgan fingerprint density at radius 3 is 3.00 bits per heavy atom. The Bertz CT molecular complexity index is 349. The number of ether oxygens (including phenoxy) is 1. The minimum absolute atomic E-state index is 0.186. The van der Waals surface area contributed by atoms with Gasteiger partial charge >= 0.3 is 5.97 Å². The first-order chi connectivity index (χ1) is 7.13. The fraction of sp³-hybridized carbons (Fsp3) is 0.500. The van der Waals surface area contributed by atoms with Crippen LogP contribution in [0.15, 0.2) is 10.7 Å². The molecule has 15 heavy (non-hydrogen) atoms. The number of rotatable bonds is 4. The number of carbonyl (C=O) groups is 1. The zero-order valence-corrected chi connectivity index (χ0v) is 9.77. The van der Waals surface area contributed by atoms with Crippen LogP contribution in [0, 0.1) is 0 Å². The van der Waals surface area contributed by atoms with Crippen LogP contribution >= 0.6 is 15.9 Å². The van der Waals surface area contributed by atoms with Crippen molar-refractivity contribution in [2.75, 3.05) is 20.3 Å². The quantitative estimate of drug-likeness (QED) is 0.752. The summed E-state index contributed by atoms with van der Waals surface area (Å²) in [5.41, 5.74) is 5.71. The third kappa shape index (κ3) is 2.55. The van der Waals surface area contributed by atoms with Crippen LogP contribution in [-0.4, -0.2) is 41.1 Å². The van der Waals surface area contributed by atoms with Crippen molar-refractivity contribution >= 4 is 21.9 Å². The van der Waals surface area contributed by atoms with Gasteiger partial charge in [-0.25, -0.2) is 4.79 Å². The third-order valence-electron chi connectivity index (χ3n) is 1.93. The van der Waals surface area contributed by atoms with Crippen molar-refractivity contribution in [1.29, 1.82) is 0 Å². The number of aliphatic hydroxyl groups excluding tert-OH is 1. The van der Waals surface area contributed by atoms with E-state index in [1.54, 1.807) is 0 Å². The minimum Gasteiger partial charge on any atom is -0.464 e. The van der Waals surface area contributed by atoms with Crippen molar-refractivity contribution in [3.05, 3.63) is 16.4 Å². The zero-order chi connectivity index (χ0) is 11.4. The Kier molecular flexibility index (Phi) is 4.25. The van der Waals surface area contributed by atoms with E-state index in [0.717, 1.165) is 0 Å². The summed E-state index contributed by atoms with van der Waals surface area (Å²) in [6.07, 6.45) is 0. The maximum atomic E-state index is 11.4. The van der Waals surface area contributed by atoms with Gasteiger partial charge in [0.2, 0.25) is 0 Å². The molecule has 0 bridgehead atoms. The number of esters is 1. The van der Waals surface area contributed by atoms with Crippen LogP contribution in [0.3, 0.4) is 0 Å². The molecule has 1 atom stereocenters. The number of methoxy groups -OCH3 is 1. The molecule has 84 valence electrons. The van der Waals surface area contributed by atoms with Crippen LogP contribution in [0.2, 0.25) is 0 Å². The summed E-state index contributed by atoms with van der Waals surface area (Å²) in [6, 6.07) is 1.09. The van der Waals surface area contributed by atoms with Gasteiger partial charge in [-0.15, -0.1) is 0 Å². The highest BCUT2D eigenvalue weighted by Crippen LogP contribution is 2.16. The Morgan fingerprint density at radius 2 is 2.53 bits per heavy atom. The van der Waals surface area contributed by atoms with Crippen molar-refractivity contribution < 1.29 is 14.6 Å². The van der Waals surface area contributed by atoms with E-state index in [2.05, 4.69) is 25.8 Å². The predicted molar refractivity (Wildman–Crippen MR) is 56.4 cm³/mol. The molecule has 3 N–H and O–H groups in total. The van der Waals surface area contributed by atoms with Crippen LogP contribution in [0.4, 0.5) is 0 Å². The summed E-state index contributed by atoms with van der Waals surface area (Å²) in [4.78, 5) is 11.4. The van der Waals surface area contributed by atoms with E-state index in [9.17, 15) is 4.79 Å². The van der Waals surface area contributed by atoms with Crippen LogP contribution < -0.4 is 5.73 Å². The van der Waals surface area contributed by atoms with Gasteiger partial charge in [0.15, 0.2) is 0 Å². The van der Waals surface area contributed by atoms with E-state index in [1.807, 2.05) is 0 Å². The monoisotopic (exact) mass is 277 g/mol. The van der Waals surface area contributed by atoms with Crippen molar-refractivity contribution in [2.45, 2.75) is 6.04 Å². The number of aliphatic hydroxyl groups is 1. The van der Waals surface area contributed by atoms with Gasteiger partial charge in [0.25, 0.3) is 0 Å². The smallest absolute Gasteiger partial charge is 0.356 e. The molecule has 0 saturated carbocycles. The number of hydrogen-bond acceptors (Lipinski definition) is 5. The molecule has 0 spiro atoms. The number of aromatic nitrogens is 2. The van der Waals surface area contributed by atoms with Crippen molar-refractivity contribution in [2.24, 2.45) is 5.73 Å². The first-order valence-electron chi connectivity index (χ1n) is 4.28. The first-order valence-corrected chi connectivity index (χ1v) is 5.07. The lowest BCUT2D eigenvalue weighted by Gasteiger charge is -2.14. The lowest BCUT2D eigenvalue weighted by molar-refractivity contribution is 0.0580. The summed E-state index contributed by atoms with van der Waals surface area (Å²) in [6.45, 7) is 0.00320. The lowest BCUT2D eigenvalue weighted by Crippen LogP contribution is -2.26. The van der Waals surface area contributed by atoms with Gasteiger partial charge in [-0.2, -0.15) is 5.10 Å². The number of halogens is 1. The van der Waals surface area contributed by atoms with E-state index < -0.39 is 12.0 Å². The Balaban J connectivity index is 3.10. The highest BCUT2D eigenvalue weighted by molar-refractivity contribution is 9.10. The highest BCUT2D eigenvalue weighted by Gasteiger charge is 2.20. The van der Waals surface area contributed by atoms with Crippen molar-refractivity contribution in [3.63, 3.8) is 0 Å². The normalized spacial score (nSPS) is 12.5. The average molecular weight is 278 g/mol. The first kappa shape index (κ1) is 12.2. The maximum absolute atomic E-state index is 11.4. The molecule has 0 amide bonds. The second-order valence-electron chi connectivity index (χ2n) is 2.86. The summed E-state index contributed by atoms with van der Waals surface area (Å²) < 4.78 is 6.44. The molecular formula is C8H12BrN3O3. The van der Waals surface area contributed by atoms with E-state index in [1.165, 1.54) is 17.9 Å². The maximum Gasteiger partial charge on any atom is 0.356 e. The number of carbonyl (C=O) groups excluding carboxylic acids is 1. The molecule has 0 aromatic carbocycles. The van der Waals surface area contributed by atoms with Gasteiger partial charge in [0.1, 0.15) is 10.3 Å². The molecule has 0 fully saturated rings. The molecular weight excluding hydrogens is 266 g/mol. The van der Waals surface area contributed by atoms with E-state index in [-0.39, 0.29) is 18.8 Å². The second-order valence-corrected chi connectivity index (χ2v) is 3.67. The molecule has 6 nitrogen and oxygen atoms in total. The molecule has 0 aliphatic rings. The van der Waals surface area contributed by atoms with Crippen LogP contribution in [0.1, 0.15) is 16.5 Å². The lowest BCUT2D eigenvalue weighted by atomic mass is 10.3. The number of hydrogen-bond donors (Lipinski definition) is 2. The second kappa shape index (κ2) is 5.24. The SMILES string of the molecule is COC(=O)c1cc(Br)nn1[C@@H](CN)CO. The molecule has 1 aromatic rings. The molecule has 0 saturated heterocycles. The predicted octanol–water partition coefficient (Wildman–Crippen LogP) is -0.0757. The summed E-state index contributed by atoms with van der Waals surface area (Å²) >= 11 is 3.14. The molecule has 1 aromatic heterocycles. The number of nitrogens with two attached hydrogens (primary N) is 1. The topological polar surface area (TPSA) is 90.4 Å². The standard InChI is InChI=1S/C8H12BrN3O3/c1-15-8(14)6-2-7(9)11-12(6)5(3-10)4-13/h2,5,13H,3-4,10H2,1H3/t5-/m0/s1.